The van der Waals surface area contributed by atoms with Crippen LogP contribution in [0.3, 0.4) is 0 Å². The average molecular weight is 347 g/mol. The van der Waals surface area contributed by atoms with Gasteiger partial charge in [-0.2, -0.15) is 0 Å². The summed E-state index contributed by atoms with van der Waals surface area (Å²) in [5.41, 5.74) is 4.30. The molecule has 1 aromatic rings. The van der Waals surface area contributed by atoms with Crippen molar-refractivity contribution in [2.75, 3.05) is 13.2 Å². The number of carbonyl (C=O) groups is 4. The molecule has 1 spiro atoms. The zero-order valence-corrected chi connectivity index (χ0v) is 13.5. The van der Waals surface area contributed by atoms with E-state index in [0.717, 1.165) is 4.90 Å². The second-order valence-corrected chi connectivity index (χ2v) is 5.86. The summed E-state index contributed by atoms with van der Waals surface area (Å²) in [5.74, 6) is -1.77. The molecule has 1 saturated heterocycles. The Hall–Kier alpha value is -3.10. The number of nitrogens with zero attached hydrogens (tertiary/aromatic N) is 1. The highest BCUT2D eigenvalue weighted by molar-refractivity contribution is 6.09. The first-order valence-corrected chi connectivity index (χ1v) is 7.70. The Kier molecular flexibility index (Phi) is 4.07. The van der Waals surface area contributed by atoms with Gasteiger partial charge in [-0.3, -0.25) is 19.3 Å². The van der Waals surface area contributed by atoms with Gasteiger partial charge in [0.25, 0.3) is 11.8 Å². The summed E-state index contributed by atoms with van der Waals surface area (Å²) in [4.78, 5) is 48.8. The number of hydrogen-bond acceptors (Lipinski definition) is 6. The van der Waals surface area contributed by atoms with Crippen molar-refractivity contribution < 1.29 is 28.7 Å². The number of primary amides is 1. The number of benzene rings is 1. The SMILES string of the molecule is C[C@@H](OC(=O)CN1C(=O)N[C@]2(CCOc3ccccc32)C1=O)C(N)=O. The maximum absolute atomic E-state index is 12.9. The van der Waals surface area contributed by atoms with Crippen LogP contribution in [0.4, 0.5) is 4.79 Å². The molecule has 2 aliphatic heterocycles. The Labute approximate surface area is 143 Å². The summed E-state index contributed by atoms with van der Waals surface area (Å²) < 4.78 is 10.3. The zero-order valence-electron chi connectivity index (χ0n) is 13.5. The van der Waals surface area contributed by atoms with Gasteiger partial charge in [-0.1, -0.05) is 18.2 Å². The molecule has 3 N–H and O–H groups in total. The van der Waals surface area contributed by atoms with Crippen LogP contribution in [0.5, 0.6) is 5.75 Å². The van der Waals surface area contributed by atoms with Crippen LogP contribution < -0.4 is 15.8 Å². The Bertz CT molecular complexity index is 764. The smallest absolute Gasteiger partial charge is 0.327 e. The summed E-state index contributed by atoms with van der Waals surface area (Å²) in [7, 11) is 0. The van der Waals surface area contributed by atoms with Gasteiger partial charge < -0.3 is 20.5 Å². The molecule has 2 atom stereocenters. The zero-order chi connectivity index (χ0) is 18.2. The molecule has 0 unspecified atom stereocenters. The van der Waals surface area contributed by atoms with E-state index in [2.05, 4.69) is 5.32 Å². The number of rotatable bonds is 4. The average Bonchev–Trinajstić information content (AvgIpc) is 2.80. The predicted octanol–water partition coefficient (Wildman–Crippen LogP) is -0.367. The first-order chi connectivity index (χ1) is 11.8. The number of nitrogens with two attached hydrogens (primary N) is 1. The van der Waals surface area contributed by atoms with Gasteiger partial charge in [0.15, 0.2) is 11.6 Å². The highest BCUT2D eigenvalue weighted by Gasteiger charge is 2.55. The minimum atomic E-state index is -1.26. The largest absolute Gasteiger partial charge is 0.493 e. The predicted molar refractivity (Wildman–Crippen MR) is 83.2 cm³/mol. The van der Waals surface area contributed by atoms with Gasteiger partial charge in [-0.15, -0.1) is 0 Å². The Morgan fingerprint density at radius 3 is 2.84 bits per heavy atom. The molecule has 1 fully saturated rings. The van der Waals surface area contributed by atoms with Crippen molar-refractivity contribution >= 4 is 23.8 Å². The summed E-state index contributed by atoms with van der Waals surface area (Å²) in [6.07, 6.45) is -0.899. The van der Waals surface area contributed by atoms with Crippen molar-refractivity contribution in [2.24, 2.45) is 5.73 Å². The van der Waals surface area contributed by atoms with Gasteiger partial charge in [-0.05, 0) is 13.0 Å². The number of fused-ring (bicyclic) bond motifs is 2. The summed E-state index contributed by atoms with van der Waals surface area (Å²) in [5, 5.41) is 2.66. The highest BCUT2D eigenvalue weighted by Crippen LogP contribution is 2.40. The van der Waals surface area contributed by atoms with E-state index >= 15 is 0 Å². The standard InChI is InChI=1S/C16H17N3O6/c1-9(13(17)21)25-12(20)8-19-14(22)16(18-15(19)23)6-7-24-11-5-3-2-4-10(11)16/h2-5,9H,6-8H2,1H3,(H2,17,21)(H,18,23)/t9-,16+/m1/s1. The number of esters is 1. The molecule has 9 nitrogen and oxygen atoms in total. The van der Waals surface area contributed by atoms with Crippen molar-refractivity contribution in [3.05, 3.63) is 29.8 Å². The van der Waals surface area contributed by atoms with Crippen LogP contribution in [-0.2, 0) is 24.7 Å². The third-order valence-electron chi connectivity index (χ3n) is 4.25. The van der Waals surface area contributed by atoms with E-state index in [1.807, 2.05) is 0 Å². The second kappa shape index (κ2) is 6.08. The summed E-state index contributed by atoms with van der Waals surface area (Å²) in [6, 6.07) is 6.20. The minimum Gasteiger partial charge on any atom is -0.493 e. The molecule has 3 rings (SSSR count). The van der Waals surface area contributed by atoms with Gasteiger partial charge in [0.05, 0.1) is 6.61 Å². The number of para-hydroxylation sites is 1. The van der Waals surface area contributed by atoms with Crippen LogP contribution in [0.15, 0.2) is 24.3 Å². The molecule has 0 aliphatic carbocycles. The lowest BCUT2D eigenvalue weighted by Gasteiger charge is -2.33. The van der Waals surface area contributed by atoms with Crippen molar-refractivity contribution in [3.63, 3.8) is 0 Å². The van der Waals surface area contributed by atoms with Crippen LogP contribution >= 0.6 is 0 Å². The van der Waals surface area contributed by atoms with E-state index in [1.165, 1.54) is 6.92 Å². The molecular weight excluding hydrogens is 330 g/mol. The third-order valence-corrected chi connectivity index (χ3v) is 4.25. The molecule has 1 aromatic carbocycles. The maximum atomic E-state index is 12.9. The fraction of sp³-hybridized carbons (Fsp3) is 0.375. The summed E-state index contributed by atoms with van der Waals surface area (Å²) >= 11 is 0. The molecule has 4 amide bonds. The quantitative estimate of drug-likeness (QED) is 0.565. The Morgan fingerprint density at radius 1 is 1.40 bits per heavy atom. The molecule has 0 saturated carbocycles. The monoisotopic (exact) mass is 347 g/mol. The van der Waals surface area contributed by atoms with Gasteiger partial charge in [0.2, 0.25) is 0 Å². The molecule has 132 valence electrons. The van der Waals surface area contributed by atoms with E-state index in [0.29, 0.717) is 11.3 Å². The van der Waals surface area contributed by atoms with E-state index < -0.39 is 42.0 Å². The highest BCUT2D eigenvalue weighted by atomic mass is 16.5. The van der Waals surface area contributed by atoms with Crippen molar-refractivity contribution in [3.8, 4) is 5.75 Å². The number of imide groups is 1. The van der Waals surface area contributed by atoms with Crippen LogP contribution in [0.25, 0.3) is 0 Å². The van der Waals surface area contributed by atoms with Gasteiger partial charge in [0.1, 0.15) is 12.3 Å². The Balaban J connectivity index is 1.82. The van der Waals surface area contributed by atoms with Gasteiger partial charge >= 0.3 is 12.0 Å². The number of ether oxygens (including phenoxy) is 2. The van der Waals surface area contributed by atoms with Crippen molar-refractivity contribution in [1.29, 1.82) is 0 Å². The molecular formula is C16H17N3O6. The third kappa shape index (κ3) is 2.77. The molecule has 25 heavy (non-hydrogen) atoms. The minimum absolute atomic E-state index is 0.248. The second-order valence-electron chi connectivity index (χ2n) is 5.86. The van der Waals surface area contributed by atoms with Crippen LogP contribution in [0, 0.1) is 0 Å². The van der Waals surface area contributed by atoms with Gasteiger partial charge in [0, 0.05) is 12.0 Å². The summed E-state index contributed by atoms with van der Waals surface area (Å²) in [6.45, 7) is 0.954. The lowest BCUT2D eigenvalue weighted by Crippen LogP contribution is -2.48. The van der Waals surface area contributed by atoms with Crippen molar-refractivity contribution in [1.82, 2.24) is 10.2 Å². The van der Waals surface area contributed by atoms with E-state index in [1.54, 1.807) is 24.3 Å². The number of hydrogen-bond donors (Lipinski definition) is 2. The lowest BCUT2D eigenvalue weighted by atomic mass is 9.84. The van der Waals surface area contributed by atoms with Crippen LogP contribution in [-0.4, -0.2) is 48.0 Å². The van der Waals surface area contributed by atoms with Crippen LogP contribution in [0.1, 0.15) is 18.9 Å². The topological polar surface area (TPSA) is 128 Å². The molecule has 0 radical (unpaired) electrons. The number of nitrogens with one attached hydrogen (secondary N) is 1. The van der Waals surface area contributed by atoms with Crippen molar-refractivity contribution in [2.45, 2.75) is 25.0 Å². The molecule has 2 heterocycles. The maximum Gasteiger partial charge on any atom is 0.327 e. The number of amides is 4. The fourth-order valence-corrected chi connectivity index (χ4v) is 2.94. The number of carbonyl (C=O) groups excluding carboxylic acids is 4. The van der Waals surface area contributed by atoms with E-state index in [-0.39, 0.29) is 13.0 Å². The van der Waals surface area contributed by atoms with E-state index in [4.69, 9.17) is 15.2 Å². The first-order valence-electron chi connectivity index (χ1n) is 7.70. The van der Waals surface area contributed by atoms with Gasteiger partial charge in [-0.25, -0.2) is 4.79 Å². The normalized spacial score (nSPS) is 22.8. The fourth-order valence-electron chi connectivity index (χ4n) is 2.94. The lowest BCUT2D eigenvalue weighted by molar-refractivity contribution is -0.155. The van der Waals surface area contributed by atoms with E-state index in [9.17, 15) is 19.2 Å². The molecule has 0 aromatic heterocycles. The van der Waals surface area contributed by atoms with Crippen LogP contribution in [0.2, 0.25) is 0 Å². The number of urea groups is 1. The molecule has 2 aliphatic rings. The Morgan fingerprint density at radius 2 is 2.12 bits per heavy atom. The first kappa shape index (κ1) is 16.7. The molecule has 0 bridgehead atoms. The molecule has 9 heteroatoms.